The Morgan fingerprint density at radius 3 is 0.795 bits per heavy atom. The Morgan fingerprint density at radius 2 is 0.500 bits per heavy atom. The number of alkyl halides is 8. The number of nitrogens with zero attached hydrogens (tertiary/aromatic N) is 2. The molecule has 8 aliphatic rings. The van der Waals surface area contributed by atoms with Crippen molar-refractivity contribution in [2.24, 2.45) is 0 Å². The van der Waals surface area contributed by atoms with E-state index in [0.717, 1.165) is 93.0 Å². The first kappa shape index (κ1) is 48.0. The van der Waals surface area contributed by atoms with Crippen molar-refractivity contribution in [3.05, 3.63) is 305 Å². The highest BCUT2D eigenvalue weighted by atomic mass is 19.3. The zero-order valence-corrected chi connectivity index (χ0v) is 45.5. The summed E-state index contributed by atoms with van der Waals surface area (Å²) in [7, 11) is 0. The van der Waals surface area contributed by atoms with Crippen molar-refractivity contribution in [1.82, 2.24) is 8.80 Å². The molecule has 0 radical (unpaired) electrons. The van der Waals surface area contributed by atoms with Crippen LogP contribution in [0.5, 0.6) is 0 Å². The topological polar surface area (TPSA) is 43.0 Å². The molecule has 0 aliphatic heterocycles. The van der Waals surface area contributed by atoms with E-state index in [4.69, 9.17) is 0 Å². The number of Topliss-reactive ketones (excluding diaryl/α,β-unsaturated/α-hetero) is 2. The average Bonchev–Trinajstić information content (AvgIpc) is 1.47. The number of ketones is 2. The van der Waals surface area contributed by atoms with Crippen LogP contribution in [0.25, 0.3) is 76.2 Å². The van der Waals surface area contributed by atoms with Gasteiger partial charge in [-0.1, -0.05) is 146 Å². The summed E-state index contributed by atoms with van der Waals surface area (Å²) in [4.78, 5) is 31.5. The van der Waals surface area contributed by atoms with Crippen molar-refractivity contribution in [3.8, 4) is 0 Å². The lowest BCUT2D eigenvalue weighted by Gasteiger charge is -2.33. The maximum Gasteiger partial charge on any atom is 0.299 e. The van der Waals surface area contributed by atoms with E-state index in [2.05, 4.69) is 0 Å². The number of aromatic nitrogens is 2. The third-order valence-electron chi connectivity index (χ3n) is 21.3. The second kappa shape index (κ2) is 15.0. The SMILES string of the molecule is O=C1c2cc3c(cc2C2c4ccccc4C1c1ccccc12)c1c2c4cc5c(cc4n4c6cc7c(cc6c(c6c8cc9c(cc8n3c16)C(F)(F)c1ccccc1C9(F)F)c24)C1c2ccccc2C(C7=O)c2ccccc21)C(F)(F)c1ccccc1C5(F)F. The summed E-state index contributed by atoms with van der Waals surface area (Å²) in [6.07, 6.45) is 0. The lowest BCUT2D eigenvalue weighted by Crippen LogP contribution is -2.33. The number of carbonyl (C=O) groups excluding carboxylic acids is 2. The molecule has 0 saturated heterocycles. The standard InChI is InChI=1S/C76H36F8N2O2/c77-73(78)49-21-9-12-24-52(49)76(83,84)56-32-60-47(27-53(56)73)67-65-45-25-41-43(71(87)63-37-17-5-1-13-33(37)61(41)34-14-2-6-18-38(34)63)29-57(45)85-59-31-55-54(74(79,80)50-22-10-11-23-51(50)75(55,81)82)28-48(59)68(69(65)85)66-46-26-42-44(30-58(46)86(60)70(66)67)72(88)64-39-19-7-3-15-35(39)62(42)36-16-4-8-20-40(36)64/h1-32,61-64H. The van der Waals surface area contributed by atoms with Crippen LogP contribution >= 0.6 is 0 Å². The molecule has 88 heavy (non-hydrogen) atoms. The van der Waals surface area contributed by atoms with Gasteiger partial charge in [-0.25, -0.2) is 0 Å². The maximum atomic E-state index is 17.6. The van der Waals surface area contributed by atoms with Gasteiger partial charge in [0.25, 0.3) is 23.7 Å². The van der Waals surface area contributed by atoms with Gasteiger partial charge in [0.2, 0.25) is 0 Å². The quantitative estimate of drug-likeness (QED) is 0.142. The van der Waals surface area contributed by atoms with Crippen molar-refractivity contribution >= 4 is 87.8 Å². The van der Waals surface area contributed by atoms with E-state index >= 15 is 44.7 Å². The molecule has 0 amide bonds. The maximum absolute atomic E-state index is 17.6. The van der Waals surface area contributed by atoms with Gasteiger partial charge in [-0.05, 0) is 104 Å². The van der Waals surface area contributed by atoms with Gasteiger partial charge in [0.15, 0.2) is 11.6 Å². The number of rotatable bonds is 0. The summed E-state index contributed by atoms with van der Waals surface area (Å²) < 4.78 is 144. The lowest BCUT2D eigenvalue weighted by molar-refractivity contribution is -0.0112. The highest BCUT2D eigenvalue weighted by Gasteiger charge is 2.56. The van der Waals surface area contributed by atoms with Gasteiger partial charge in [-0.2, -0.15) is 35.1 Å². The van der Waals surface area contributed by atoms with Crippen LogP contribution in [-0.2, 0) is 23.7 Å². The number of halogens is 8. The normalized spacial score (nSPS) is 20.7. The predicted octanol–water partition coefficient (Wildman–Crippen LogP) is 18.8. The molecule has 0 fully saturated rings. The summed E-state index contributed by atoms with van der Waals surface area (Å²) in [5.74, 6) is -18.5. The fraction of sp³-hybridized carbons (Fsp3) is 0.105. The van der Waals surface area contributed by atoms with Gasteiger partial charge < -0.3 is 8.80 Å². The third kappa shape index (κ3) is 5.12. The molecule has 0 spiro atoms. The molecule has 23 rings (SSSR count). The first-order valence-electron chi connectivity index (χ1n) is 29.3. The number of benzene rings is 11. The smallest absolute Gasteiger partial charge is 0.299 e. The monoisotopic (exact) mass is 1160 g/mol. The molecule has 4 heterocycles. The fourth-order valence-corrected chi connectivity index (χ4v) is 17.8. The van der Waals surface area contributed by atoms with E-state index < -0.39 is 91.9 Å². The molecule has 12 heteroatoms. The number of fused-ring (bicyclic) bond motifs is 18. The molecule has 4 aromatic heterocycles. The molecule has 418 valence electrons. The van der Waals surface area contributed by atoms with Crippen LogP contribution in [0.15, 0.2) is 194 Å². The van der Waals surface area contributed by atoms with Crippen LogP contribution < -0.4 is 0 Å². The van der Waals surface area contributed by atoms with Crippen molar-refractivity contribution in [2.75, 3.05) is 0 Å². The Morgan fingerprint density at radius 1 is 0.261 bits per heavy atom. The minimum absolute atomic E-state index is 0.124. The summed E-state index contributed by atoms with van der Waals surface area (Å²) >= 11 is 0. The average molecular weight is 1160 g/mol. The summed E-state index contributed by atoms with van der Waals surface area (Å²) in [6.45, 7) is 0. The summed E-state index contributed by atoms with van der Waals surface area (Å²) in [6, 6.07) is 52.5. The van der Waals surface area contributed by atoms with Gasteiger partial charge in [0.05, 0.1) is 44.9 Å². The van der Waals surface area contributed by atoms with Crippen LogP contribution in [0, 0.1) is 0 Å². The zero-order chi connectivity index (χ0) is 58.9. The second-order valence-corrected chi connectivity index (χ2v) is 25.0. The first-order valence-corrected chi connectivity index (χ1v) is 29.3. The van der Waals surface area contributed by atoms with Gasteiger partial charge in [-0.3, -0.25) is 9.59 Å². The molecule has 0 atom stereocenters. The minimum Gasteiger partial charge on any atom is -0.308 e. The zero-order valence-electron chi connectivity index (χ0n) is 45.5. The largest absolute Gasteiger partial charge is 0.308 e. The van der Waals surface area contributed by atoms with Crippen molar-refractivity contribution < 1.29 is 44.7 Å². The Labute approximate surface area is 491 Å². The third-order valence-corrected chi connectivity index (χ3v) is 21.3. The second-order valence-electron chi connectivity index (χ2n) is 25.0. The fourth-order valence-electron chi connectivity index (χ4n) is 17.8. The number of carbonyl (C=O) groups is 2. The van der Waals surface area contributed by atoms with Crippen LogP contribution in [0.3, 0.4) is 0 Å². The molecule has 0 saturated carbocycles. The molecule has 0 N–H and O–H groups in total. The lowest BCUT2D eigenvalue weighted by atomic mass is 9.72. The van der Waals surface area contributed by atoms with Crippen LogP contribution in [0.2, 0.25) is 0 Å². The molecule has 11 aromatic carbocycles. The van der Waals surface area contributed by atoms with E-state index in [1.54, 1.807) is 20.9 Å². The van der Waals surface area contributed by atoms with Crippen LogP contribution in [-0.4, -0.2) is 20.4 Å². The Hall–Kier alpha value is -10.2. The van der Waals surface area contributed by atoms with E-state index in [-0.39, 0.29) is 33.4 Å². The molecule has 4 bridgehead atoms. The Kier molecular flexibility index (Phi) is 8.15. The Balaban J connectivity index is 1.01. The van der Waals surface area contributed by atoms with Gasteiger partial charge in [0, 0.05) is 111 Å². The summed E-state index contributed by atoms with van der Waals surface area (Å²) in [5.41, 5.74) is 3.71. The molecule has 0 unspecified atom stereocenters. The van der Waals surface area contributed by atoms with Crippen molar-refractivity contribution in [2.45, 2.75) is 47.4 Å². The number of hydrogen-bond acceptors (Lipinski definition) is 2. The Bertz CT molecular complexity index is 5470. The molecule has 15 aromatic rings. The van der Waals surface area contributed by atoms with E-state index in [0.29, 0.717) is 76.6 Å². The van der Waals surface area contributed by atoms with Crippen LogP contribution in [0.4, 0.5) is 35.1 Å². The predicted molar refractivity (Wildman–Crippen MR) is 321 cm³/mol. The van der Waals surface area contributed by atoms with Crippen molar-refractivity contribution in [3.63, 3.8) is 0 Å². The number of hydrogen-bond donors (Lipinski definition) is 0. The van der Waals surface area contributed by atoms with Gasteiger partial charge >= 0.3 is 0 Å². The molecular weight excluding hydrogens is 1120 g/mol. The van der Waals surface area contributed by atoms with E-state index in [1.807, 2.05) is 109 Å². The first-order chi connectivity index (χ1) is 42.6. The van der Waals surface area contributed by atoms with Crippen molar-refractivity contribution in [1.29, 1.82) is 0 Å². The van der Waals surface area contributed by atoms with E-state index in [9.17, 15) is 0 Å². The van der Waals surface area contributed by atoms with E-state index in [1.165, 1.54) is 24.3 Å². The highest BCUT2D eigenvalue weighted by Crippen LogP contribution is 2.62. The van der Waals surface area contributed by atoms with Crippen LogP contribution in [0.1, 0.15) is 145 Å². The minimum atomic E-state index is -3.93. The van der Waals surface area contributed by atoms with Gasteiger partial charge in [0.1, 0.15) is 0 Å². The van der Waals surface area contributed by atoms with Gasteiger partial charge in [-0.15, -0.1) is 0 Å². The molecule has 4 nitrogen and oxygen atoms in total. The summed E-state index contributed by atoms with van der Waals surface area (Å²) in [5, 5.41) is 2.85. The molecule has 8 aliphatic carbocycles. The molecular formula is C76H36F8N2O2. The highest BCUT2D eigenvalue weighted by molar-refractivity contribution is 6.45.